The highest BCUT2D eigenvalue weighted by atomic mass is 35.5. The molecule has 0 bridgehead atoms. The van der Waals surface area contributed by atoms with Crippen molar-refractivity contribution in [3.05, 3.63) is 58.3 Å². The molecule has 0 aliphatic carbocycles. The molecule has 0 saturated carbocycles. The summed E-state index contributed by atoms with van der Waals surface area (Å²) in [5.74, 6) is -0.346. The fraction of sp³-hybridized carbons (Fsp3) is 0. The number of carbonyl (C=O) groups excluding carboxylic acids is 1. The lowest BCUT2D eigenvalue weighted by atomic mass is 10.3. The Bertz CT molecular complexity index is 561. The lowest BCUT2D eigenvalue weighted by Gasteiger charge is -2.09. The summed E-state index contributed by atoms with van der Waals surface area (Å²) in [5.41, 5.74) is 6.08. The van der Waals surface area contributed by atoms with Gasteiger partial charge in [0.1, 0.15) is 5.69 Å². The number of rotatable bonds is 3. The number of hydrogen-bond acceptors (Lipinski definition) is 3. The molecule has 0 unspecified atom stereocenters. The fourth-order valence-electron chi connectivity index (χ4n) is 1.28. The van der Waals surface area contributed by atoms with Gasteiger partial charge in [0.05, 0.1) is 10.7 Å². The maximum atomic E-state index is 11.7. The van der Waals surface area contributed by atoms with Crippen molar-refractivity contribution in [2.75, 3.05) is 5.43 Å². The number of benzene rings is 1. The summed E-state index contributed by atoms with van der Waals surface area (Å²) in [4.78, 5) is 15.6. The molecule has 92 valence electrons. The number of hydrogen-bond donors (Lipinski definition) is 2. The van der Waals surface area contributed by atoms with Gasteiger partial charge in [0.2, 0.25) is 0 Å². The Morgan fingerprint density at radius 3 is 2.67 bits per heavy atom. The van der Waals surface area contributed by atoms with E-state index in [1.54, 1.807) is 42.6 Å². The molecule has 0 spiro atoms. The van der Waals surface area contributed by atoms with Crippen molar-refractivity contribution in [2.45, 2.75) is 0 Å². The number of pyridine rings is 1. The molecule has 0 fully saturated rings. The van der Waals surface area contributed by atoms with Gasteiger partial charge in [-0.15, -0.1) is 0 Å². The van der Waals surface area contributed by atoms with Crippen LogP contribution < -0.4 is 10.9 Å². The predicted molar refractivity (Wildman–Crippen MR) is 71.8 cm³/mol. The molecule has 0 atom stereocenters. The van der Waals surface area contributed by atoms with Crippen LogP contribution in [0.1, 0.15) is 10.5 Å². The fourth-order valence-corrected chi connectivity index (χ4v) is 1.73. The van der Waals surface area contributed by atoms with E-state index in [9.17, 15) is 4.79 Å². The Balaban J connectivity index is 2.02. The molecule has 18 heavy (non-hydrogen) atoms. The van der Waals surface area contributed by atoms with Crippen molar-refractivity contribution in [3.63, 3.8) is 0 Å². The average molecular weight is 282 g/mol. The van der Waals surface area contributed by atoms with Crippen LogP contribution in [0.25, 0.3) is 0 Å². The van der Waals surface area contributed by atoms with Crippen LogP contribution in [-0.2, 0) is 0 Å². The molecular weight excluding hydrogens is 273 g/mol. The molecule has 2 rings (SSSR count). The van der Waals surface area contributed by atoms with E-state index in [-0.39, 0.29) is 5.91 Å². The largest absolute Gasteiger partial charge is 0.297 e. The number of nitrogens with one attached hydrogen (secondary N) is 2. The second-order valence-electron chi connectivity index (χ2n) is 3.42. The smallest absolute Gasteiger partial charge is 0.288 e. The third kappa shape index (κ3) is 3.12. The van der Waals surface area contributed by atoms with Gasteiger partial charge >= 0.3 is 0 Å². The van der Waals surface area contributed by atoms with Crippen LogP contribution >= 0.6 is 23.2 Å². The van der Waals surface area contributed by atoms with Crippen molar-refractivity contribution in [1.29, 1.82) is 0 Å². The maximum Gasteiger partial charge on any atom is 0.288 e. The number of nitrogens with zero attached hydrogens (tertiary/aromatic N) is 1. The van der Waals surface area contributed by atoms with Crippen molar-refractivity contribution >= 4 is 34.8 Å². The number of anilines is 1. The first-order valence-corrected chi connectivity index (χ1v) is 5.85. The van der Waals surface area contributed by atoms with Gasteiger partial charge < -0.3 is 0 Å². The Kier molecular flexibility index (Phi) is 4.02. The molecule has 2 N–H and O–H groups in total. The molecular formula is C12H9Cl2N3O. The minimum absolute atomic E-state index is 0.315. The van der Waals surface area contributed by atoms with Crippen LogP contribution in [0.2, 0.25) is 10.0 Å². The molecule has 2 aromatic rings. The number of aromatic nitrogens is 1. The van der Waals surface area contributed by atoms with Crippen LogP contribution in [0.4, 0.5) is 5.69 Å². The Labute approximate surface area is 114 Å². The van der Waals surface area contributed by atoms with Gasteiger partial charge in [-0.1, -0.05) is 29.3 Å². The standard InChI is InChI=1S/C12H9Cl2N3O/c13-8-4-5-10(9(14)7-8)16-17-12(18)11-3-1-2-6-15-11/h1-7,16H,(H,17,18). The molecule has 1 aromatic heterocycles. The minimum Gasteiger partial charge on any atom is -0.297 e. The Morgan fingerprint density at radius 1 is 1.17 bits per heavy atom. The highest BCUT2D eigenvalue weighted by Gasteiger charge is 2.06. The molecule has 0 aliphatic rings. The zero-order valence-electron chi connectivity index (χ0n) is 9.15. The van der Waals surface area contributed by atoms with Gasteiger partial charge in [-0.3, -0.25) is 20.6 Å². The van der Waals surface area contributed by atoms with E-state index in [2.05, 4.69) is 15.8 Å². The Morgan fingerprint density at radius 2 is 2.00 bits per heavy atom. The summed E-state index contributed by atoms with van der Waals surface area (Å²) < 4.78 is 0. The van der Waals surface area contributed by atoms with Crippen LogP contribution in [0.3, 0.4) is 0 Å². The molecule has 1 amide bonds. The van der Waals surface area contributed by atoms with E-state index in [4.69, 9.17) is 23.2 Å². The summed E-state index contributed by atoms with van der Waals surface area (Å²) in [7, 11) is 0. The average Bonchev–Trinajstić information content (AvgIpc) is 2.38. The van der Waals surface area contributed by atoms with Gasteiger partial charge in [0.15, 0.2) is 0 Å². The van der Waals surface area contributed by atoms with E-state index in [0.29, 0.717) is 21.4 Å². The van der Waals surface area contributed by atoms with Gasteiger partial charge in [-0.2, -0.15) is 0 Å². The lowest BCUT2D eigenvalue weighted by molar-refractivity contribution is 0.0958. The van der Waals surface area contributed by atoms with Gasteiger partial charge in [-0.25, -0.2) is 0 Å². The summed E-state index contributed by atoms with van der Waals surface area (Å²) in [6.07, 6.45) is 1.55. The number of amides is 1. The number of halogens is 2. The second-order valence-corrected chi connectivity index (χ2v) is 4.26. The van der Waals surface area contributed by atoms with Crippen molar-refractivity contribution in [3.8, 4) is 0 Å². The molecule has 6 heteroatoms. The summed E-state index contributed by atoms with van der Waals surface area (Å²) >= 11 is 11.7. The lowest BCUT2D eigenvalue weighted by Crippen LogP contribution is -2.30. The maximum absolute atomic E-state index is 11.7. The summed E-state index contributed by atoms with van der Waals surface area (Å²) in [6.45, 7) is 0. The monoisotopic (exact) mass is 281 g/mol. The first-order chi connectivity index (χ1) is 8.66. The van der Waals surface area contributed by atoms with E-state index < -0.39 is 0 Å². The third-order valence-electron chi connectivity index (χ3n) is 2.14. The highest BCUT2D eigenvalue weighted by Crippen LogP contribution is 2.24. The normalized spacial score (nSPS) is 9.89. The third-order valence-corrected chi connectivity index (χ3v) is 2.69. The van der Waals surface area contributed by atoms with E-state index in [0.717, 1.165) is 0 Å². The van der Waals surface area contributed by atoms with Crippen molar-refractivity contribution in [2.24, 2.45) is 0 Å². The SMILES string of the molecule is O=C(NNc1ccc(Cl)cc1Cl)c1ccccn1. The topological polar surface area (TPSA) is 54.0 Å². The van der Waals surface area contributed by atoms with Gasteiger partial charge in [0, 0.05) is 11.2 Å². The summed E-state index contributed by atoms with van der Waals surface area (Å²) in [5, 5.41) is 0.949. The van der Waals surface area contributed by atoms with E-state index >= 15 is 0 Å². The zero-order valence-corrected chi connectivity index (χ0v) is 10.7. The zero-order chi connectivity index (χ0) is 13.0. The highest BCUT2D eigenvalue weighted by molar-refractivity contribution is 6.36. The molecule has 0 aliphatic heterocycles. The van der Waals surface area contributed by atoms with Crippen LogP contribution in [0.5, 0.6) is 0 Å². The van der Waals surface area contributed by atoms with Crippen LogP contribution in [0, 0.1) is 0 Å². The van der Waals surface area contributed by atoms with E-state index in [1.165, 1.54) is 0 Å². The predicted octanol–water partition coefficient (Wildman–Crippen LogP) is 3.15. The molecule has 1 heterocycles. The summed E-state index contributed by atoms with van der Waals surface area (Å²) in [6, 6.07) is 10.0. The first kappa shape index (κ1) is 12.7. The Hall–Kier alpha value is -1.78. The quantitative estimate of drug-likeness (QED) is 0.850. The molecule has 0 saturated heterocycles. The molecule has 4 nitrogen and oxygen atoms in total. The first-order valence-electron chi connectivity index (χ1n) is 5.09. The van der Waals surface area contributed by atoms with Crippen molar-refractivity contribution in [1.82, 2.24) is 10.4 Å². The minimum atomic E-state index is -0.346. The van der Waals surface area contributed by atoms with Crippen LogP contribution in [0.15, 0.2) is 42.6 Å². The van der Waals surface area contributed by atoms with E-state index in [1.807, 2.05) is 0 Å². The van der Waals surface area contributed by atoms with Crippen LogP contribution in [-0.4, -0.2) is 10.9 Å². The second kappa shape index (κ2) is 5.71. The number of hydrazine groups is 1. The molecule has 1 aromatic carbocycles. The van der Waals surface area contributed by atoms with Gasteiger partial charge in [0.25, 0.3) is 5.91 Å². The molecule has 0 radical (unpaired) electrons. The van der Waals surface area contributed by atoms with Crippen molar-refractivity contribution < 1.29 is 4.79 Å². The number of carbonyl (C=O) groups is 1. The van der Waals surface area contributed by atoms with Gasteiger partial charge in [-0.05, 0) is 30.3 Å².